The number of likely N-dealkylation sites (N-methyl/N-ethyl adjacent to an activating group) is 1. The summed E-state index contributed by atoms with van der Waals surface area (Å²) < 4.78 is 0. The van der Waals surface area contributed by atoms with E-state index in [2.05, 4.69) is 15.2 Å². The molecule has 7 nitrogen and oxygen atoms in total. The highest BCUT2D eigenvalue weighted by atomic mass is 32.2. The topological polar surface area (TPSA) is 85.2 Å². The van der Waals surface area contributed by atoms with Crippen molar-refractivity contribution in [3.05, 3.63) is 11.3 Å². The molecule has 2 N–H and O–H groups in total. The van der Waals surface area contributed by atoms with Crippen LogP contribution in [0.1, 0.15) is 20.3 Å². The number of carbonyl (C=O) groups is 2. The Hall–Kier alpha value is -1.54. The SMILES string of the molecule is CCN(C1C(=O)N2C(C(=O)O)=C(C)CS[C@@H]12)C12CC1N=CN2. The van der Waals surface area contributed by atoms with Crippen LogP contribution >= 0.6 is 11.8 Å². The number of carbonyl (C=O) groups excluding carboxylic acids is 1. The second-order valence-electron chi connectivity index (χ2n) is 6.14. The van der Waals surface area contributed by atoms with Crippen LogP contribution in [0.25, 0.3) is 0 Å². The lowest BCUT2D eigenvalue weighted by Crippen LogP contribution is -2.73. The monoisotopic (exact) mass is 322 g/mol. The van der Waals surface area contributed by atoms with E-state index in [0.717, 1.165) is 18.5 Å². The third kappa shape index (κ3) is 1.59. The molecule has 0 aromatic carbocycles. The van der Waals surface area contributed by atoms with Gasteiger partial charge in [-0.25, -0.2) is 4.79 Å². The first-order valence-corrected chi connectivity index (χ1v) is 8.50. The molecule has 4 aliphatic rings. The van der Waals surface area contributed by atoms with E-state index >= 15 is 0 Å². The van der Waals surface area contributed by atoms with Crippen molar-refractivity contribution in [1.82, 2.24) is 15.1 Å². The van der Waals surface area contributed by atoms with Crippen molar-refractivity contribution in [2.45, 2.75) is 43.4 Å². The largest absolute Gasteiger partial charge is 0.477 e. The number of aliphatic carboxylic acids is 1. The highest BCUT2D eigenvalue weighted by Crippen LogP contribution is 2.50. The number of aliphatic imine (C=N–C) groups is 1. The molecule has 3 heterocycles. The van der Waals surface area contributed by atoms with Gasteiger partial charge in [0.1, 0.15) is 22.8 Å². The second kappa shape index (κ2) is 4.48. The van der Waals surface area contributed by atoms with E-state index in [-0.39, 0.29) is 34.7 Å². The highest BCUT2D eigenvalue weighted by molar-refractivity contribution is 8.00. The molecule has 4 rings (SSSR count). The van der Waals surface area contributed by atoms with E-state index in [1.165, 1.54) is 4.90 Å². The molecule has 0 bridgehead atoms. The lowest BCUT2D eigenvalue weighted by Gasteiger charge is -2.54. The van der Waals surface area contributed by atoms with Crippen LogP contribution in [0, 0.1) is 0 Å². The molecule has 1 amide bonds. The molecule has 0 radical (unpaired) electrons. The third-order valence-corrected chi connectivity index (χ3v) is 6.40. The fourth-order valence-corrected chi connectivity index (χ4v) is 5.20. The average molecular weight is 322 g/mol. The van der Waals surface area contributed by atoms with E-state index < -0.39 is 5.97 Å². The summed E-state index contributed by atoms with van der Waals surface area (Å²) in [4.78, 5) is 32.1. The summed E-state index contributed by atoms with van der Waals surface area (Å²) in [5, 5.41) is 12.6. The van der Waals surface area contributed by atoms with Gasteiger partial charge in [0.2, 0.25) is 5.91 Å². The number of nitrogens with one attached hydrogen (secondary N) is 1. The molecular formula is C14H18N4O3S. The molecule has 22 heavy (non-hydrogen) atoms. The van der Waals surface area contributed by atoms with Crippen LogP contribution in [-0.4, -0.2) is 68.5 Å². The van der Waals surface area contributed by atoms with Gasteiger partial charge in [0.25, 0.3) is 0 Å². The number of hydrogen-bond acceptors (Lipinski definition) is 6. The van der Waals surface area contributed by atoms with Gasteiger partial charge in [-0.1, -0.05) is 6.92 Å². The molecule has 2 fully saturated rings. The number of nitrogens with zero attached hydrogens (tertiary/aromatic N) is 3. The number of thioether (sulfide) groups is 1. The summed E-state index contributed by atoms with van der Waals surface area (Å²) in [6, 6.07) is -0.0456. The smallest absolute Gasteiger partial charge is 0.352 e. The van der Waals surface area contributed by atoms with Crippen molar-refractivity contribution in [2.24, 2.45) is 4.99 Å². The van der Waals surface area contributed by atoms with E-state index in [1.54, 1.807) is 25.0 Å². The maximum atomic E-state index is 12.7. The minimum Gasteiger partial charge on any atom is -0.477 e. The molecule has 1 aliphatic carbocycles. The second-order valence-corrected chi connectivity index (χ2v) is 7.25. The first-order chi connectivity index (χ1) is 10.5. The third-order valence-electron chi connectivity index (χ3n) is 4.99. The van der Waals surface area contributed by atoms with Crippen LogP contribution in [0.2, 0.25) is 0 Å². The van der Waals surface area contributed by atoms with Crippen LogP contribution in [-0.2, 0) is 9.59 Å². The fourth-order valence-electron chi connectivity index (χ4n) is 3.83. The molecule has 4 atom stereocenters. The molecule has 3 unspecified atom stereocenters. The van der Waals surface area contributed by atoms with Gasteiger partial charge in [-0.05, 0) is 19.0 Å². The molecule has 0 aromatic heterocycles. The van der Waals surface area contributed by atoms with Crippen LogP contribution in [0.4, 0.5) is 0 Å². The van der Waals surface area contributed by atoms with Crippen molar-refractivity contribution in [3.8, 4) is 0 Å². The summed E-state index contributed by atoms with van der Waals surface area (Å²) in [6.45, 7) is 4.55. The predicted octanol–water partition coefficient (Wildman–Crippen LogP) is 0.0507. The lowest BCUT2D eigenvalue weighted by molar-refractivity contribution is -0.156. The van der Waals surface area contributed by atoms with E-state index in [1.807, 2.05) is 6.92 Å². The number of carboxylic acids is 1. The lowest BCUT2D eigenvalue weighted by atomic mass is 10.0. The molecule has 3 aliphatic heterocycles. The quantitative estimate of drug-likeness (QED) is 0.712. The Morgan fingerprint density at radius 2 is 2.45 bits per heavy atom. The Kier molecular flexibility index (Phi) is 2.87. The zero-order chi connectivity index (χ0) is 15.6. The molecule has 0 spiro atoms. The van der Waals surface area contributed by atoms with E-state index in [9.17, 15) is 14.7 Å². The Labute approximate surface area is 132 Å². The molecule has 1 saturated heterocycles. The van der Waals surface area contributed by atoms with Gasteiger partial charge in [-0.2, -0.15) is 0 Å². The number of carboxylic acid groups (broad SMARTS) is 1. The molecule has 1 saturated carbocycles. The van der Waals surface area contributed by atoms with Crippen molar-refractivity contribution in [1.29, 1.82) is 0 Å². The summed E-state index contributed by atoms with van der Waals surface area (Å²) in [6.07, 6.45) is 2.64. The molecule has 8 heteroatoms. The number of β-lactam (4-membered cyclic amide) rings is 1. The summed E-state index contributed by atoms with van der Waals surface area (Å²) in [5.41, 5.74) is 0.705. The minimum atomic E-state index is -1.01. The van der Waals surface area contributed by atoms with Gasteiger partial charge < -0.3 is 10.4 Å². The molecule has 118 valence electrons. The van der Waals surface area contributed by atoms with Gasteiger partial charge in [0, 0.05) is 12.2 Å². The van der Waals surface area contributed by atoms with Crippen molar-refractivity contribution in [3.63, 3.8) is 0 Å². The maximum absolute atomic E-state index is 12.7. The summed E-state index contributed by atoms with van der Waals surface area (Å²) in [5.74, 6) is -0.461. The summed E-state index contributed by atoms with van der Waals surface area (Å²) >= 11 is 1.65. The Morgan fingerprint density at radius 1 is 1.68 bits per heavy atom. The fraction of sp³-hybridized carbons (Fsp3) is 0.643. The van der Waals surface area contributed by atoms with Crippen LogP contribution in [0.5, 0.6) is 0 Å². The van der Waals surface area contributed by atoms with Crippen molar-refractivity contribution < 1.29 is 14.7 Å². The number of fused-ring (bicyclic) bond motifs is 2. The van der Waals surface area contributed by atoms with Gasteiger partial charge in [-0.3, -0.25) is 19.6 Å². The van der Waals surface area contributed by atoms with Gasteiger partial charge in [0.15, 0.2) is 0 Å². The maximum Gasteiger partial charge on any atom is 0.352 e. The van der Waals surface area contributed by atoms with Gasteiger partial charge >= 0.3 is 5.97 Å². The molecular weight excluding hydrogens is 304 g/mol. The Balaban J connectivity index is 1.62. The van der Waals surface area contributed by atoms with Crippen molar-refractivity contribution in [2.75, 3.05) is 12.3 Å². The van der Waals surface area contributed by atoms with Gasteiger partial charge in [0.05, 0.1) is 12.4 Å². The predicted molar refractivity (Wildman–Crippen MR) is 82.4 cm³/mol. The zero-order valence-electron chi connectivity index (χ0n) is 12.4. The zero-order valence-corrected chi connectivity index (χ0v) is 13.3. The van der Waals surface area contributed by atoms with Crippen molar-refractivity contribution >= 4 is 30.0 Å². The summed E-state index contributed by atoms with van der Waals surface area (Å²) in [7, 11) is 0. The minimum absolute atomic E-state index is 0.107. The Morgan fingerprint density at radius 3 is 3.00 bits per heavy atom. The first-order valence-electron chi connectivity index (χ1n) is 7.45. The van der Waals surface area contributed by atoms with Gasteiger partial charge in [-0.15, -0.1) is 11.8 Å². The number of amides is 1. The molecule has 0 aromatic rings. The number of hydrogen-bond donors (Lipinski definition) is 2. The van der Waals surface area contributed by atoms with E-state index in [0.29, 0.717) is 5.75 Å². The standard InChI is InChI=1S/C14H18N4O3S/c1-3-17(14-4-8(14)15-6-16-14)10-11(19)18-9(13(20)21)7(2)5-22-12(10)18/h6,8,10,12H,3-5H2,1-2H3,(H,15,16)(H,20,21)/t8?,10?,12-,14?/m0/s1. The van der Waals surface area contributed by atoms with Crippen LogP contribution < -0.4 is 5.32 Å². The first kappa shape index (κ1) is 14.1. The number of rotatable bonds is 4. The average Bonchev–Trinajstić information content (AvgIpc) is 3.05. The van der Waals surface area contributed by atoms with Crippen LogP contribution in [0.15, 0.2) is 16.3 Å². The Bertz CT molecular complexity index is 634. The van der Waals surface area contributed by atoms with E-state index in [4.69, 9.17) is 0 Å². The normalized spacial score (nSPS) is 38.6. The highest BCUT2D eigenvalue weighted by Gasteiger charge is 2.67. The van der Waals surface area contributed by atoms with Crippen LogP contribution in [0.3, 0.4) is 0 Å².